The van der Waals surface area contributed by atoms with Gasteiger partial charge in [0.05, 0.1) is 18.8 Å². The minimum Gasteiger partial charge on any atom is -0.476 e. The largest absolute Gasteiger partial charge is 0.573 e. The number of hydrogen-bond donors (Lipinski definition) is 1. The summed E-state index contributed by atoms with van der Waals surface area (Å²) in [5.74, 6) is -1.37. The van der Waals surface area contributed by atoms with Crippen molar-refractivity contribution < 1.29 is 37.0 Å². The average Bonchev–Trinajstić information content (AvgIpc) is 2.72. The van der Waals surface area contributed by atoms with Gasteiger partial charge in [0.25, 0.3) is 5.91 Å². The Morgan fingerprint density at radius 3 is 2.44 bits per heavy atom. The molecular formula is C21H20F3N3O5. The fraction of sp³-hybridized carbons (Fsp3) is 0.286. The molecular weight excluding hydrogens is 431 g/mol. The van der Waals surface area contributed by atoms with Gasteiger partial charge in [0.1, 0.15) is 11.5 Å². The second kappa shape index (κ2) is 9.16. The van der Waals surface area contributed by atoms with Crippen LogP contribution >= 0.6 is 0 Å². The van der Waals surface area contributed by atoms with E-state index in [0.717, 1.165) is 17.0 Å². The lowest BCUT2D eigenvalue weighted by molar-refractivity contribution is -0.274. The summed E-state index contributed by atoms with van der Waals surface area (Å²) in [6.45, 7) is 1.05. The van der Waals surface area contributed by atoms with Gasteiger partial charge >= 0.3 is 6.36 Å². The molecule has 2 aromatic rings. The maximum atomic E-state index is 12.8. The van der Waals surface area contributed by atoms with E-state index in [9.17, 15) is 27.6 Å². The normalized spacial score (nSPS) is 15.3. The molecule has 1 atom stereocenters. The Kier molecular flexibility index (Phi) is 6.56. The number of ether oxygens (including phenoxy) is 2. The number of anilines is 2. The quantitative estimate of drug-likeness (QED) is 0.756. The second-order valence-corrected chi connectivity index (χ2v) is 7.02. The van der Waals surface area contributed by atoms with E-state index in [1.165, 1.54) is 31.0 Å². The summed E-state index contributed by atoms with van der Waals surface area (Å²) in [5, 5.41) is 2.49. The van der Waals surface area contributed by atoms with Gasteiger partial charge in [-0.05, 0) is 36.4 Å². The molecule has 0 aromatic heterocycles. The van der Waals surface area contributed by atoms with Crippen molar-refractivity contribution in [3.05, 3.63) is 48.5 Å². The topological polar surface area (TPSA) is 88.2 Å². The van der Waals surface area contributed by atoms with E-state index >= 15 is 0 Å². The van der Waals surface area contributed by atoms with Gasteiger partial charge < -0.3 is 24.6 Å². The van der Waals surface area contributed by atoms with Gasteiger partial charge in [-0.1, -0.05) is 12.1 Å². The van der Waals surface area contributed by atoms with Gasteiger partial charge in [0.15, 0.2) is 6.10 Å². The third kappa shape index (κ3) is 5.68. The zero-order chi connectivity index (χ0) is 23.5. The summed E-state index contributed by atoms with van der Waals surface area (Å²) in [4.78, 5) is 39.6. The first-order valence-electron chi connectivity index (χ1n) is 9.48. The lowest BCUT2D eigenvalue weighted by atomic mass is 10.1. The zero-order valence-electron chi connectivity index (χ0n) is 17.2. The molecule has 3 amide bonds. The van der Waals surface area contributed by atoms with Crippen LogP contribution in [0.4, 0.5) is 24.5 Å². The fourth-order valence-corrected chi connectivity index (χ4v) is 3.14. The highest BCUT2D eigenvalue weighted by Crippen LogP contribution is 2.33. The highest BCUT2D eigenvalue weighted by molar-refractivity contribution is 5.97. The predicted octanol–water partition coefficient (Wildman–Crippen LogP) is 2.80. The molecule has 3 rings (SSSR count). The smallest absolute Gasteiger partial charge is 0.476 e. The molecule has 0 aliphatic carbocycles. The first kappa shape index (κ1) is 22.9. The maximum Gasteiger partial charge on any atom is 0.573 e. The van der Waals surface area contributed by atoms with E-state index in [4.69, 9.17) is 4.74 Å². The molecule has 0 saturated heterocycles. The maximum absolute atomic E-state index is 12.8. The number of amides is 3. The standard InChI is InChI=1S/C21H20F3N3O5/c1-13(28)27-11-18(31-17-6-4-3-5-16(17)27)20(30)26(2)12-19(29)25-14-7-9-15(10-8-14)32-21(22,23)24/h3-10,18H,11-12H2,1-2H3,(H,25,29)/t18-/m1/s1. The van der Waals surface area contributed by atoms with E-state index in [0.29, 0.717) is 11.4 Å². The van der Waals surface area contributed by atoms with Crippen molar-refractivity contribution in [2.45, 2.75) is 19.4 Å². The minimum absolute atomic E-state index is 0.00218. The summed E-state index contributed by atoms with van der Waals surface area (Å²) in [7, 11) is 1.41. The number of rotatable bonds is 5. The van der Waals surface area contributed by atoms with E-state index in [1.807, 2.05) is 0 Å². The first-order chi connectivity index (χ1) is 15.0. The van der Waals surface area contributed by atoms with Crippen molar-refractivity contribution in [2.24, 2.45) is 0 Å². The van der Waals surface area contributed by atoms with Crippen molar-refractivity contribution >= 4 is 29.1 Å². The summed E-state index contributed by atoms with van der Waals surface area (Å²) in [5.41, 5.74) is 0.790. The molecule has 0 radical (unpaired) electrons. The fourth-order valence-electron chi connectivity index (χ4n) is 3.14. The SMILES string of the molecule is CC(=O)N1C[C@H](C(=O)N(C)CC(=O)Nc2ccc(OC(F)(F)F)cc2)Oc2ccccc21. The predicted molar refractivity (Wildman–Crippen MR) is 108 cm³/mol. The molecule has 0 bridgehead atoms. The number of para-hydroxylation sites is 2. The molecule has 1 N–H and O–H groups in total. The van der Waals surface area contributed by atoms with Crippen LogP contribution in [-0.2, 0) is 14.4 Å². The van der Waals surface area contributed by atoms with Crippen LogP contribution in [0.5, 0.6) is 11.5 Å². The number of benzene rings is 2. The van der Waals surface area contributed by atoms with Crippen LogP contribution in [0.25, 0.3) is 0 Å². The van der Waals surface area contributed by atoms with Crippen LogP contribution in [-0.4, -0.2) is 55.2 Å². The summed E-state index contributed by atoms with van der Waals surface area (Å²) >= 11 is 0. The van der Waals surface area contributed by atoms with E-state index in [-0.39, 0.29) is 24.7 Å². The Morgan fingerprint density at radius 1 is 1.16 bits per heavy atom. The molecule has 32 heavy (non-hydrogen) atoms. The average molecular weight is 451 g/mol. The summed E-state index contributed by atoms with van der Waals surface area (Å²) in [6.07, 6.45) is -5.81. The van der Waals surface area contributed by atoms with Crippen LogP contribution < -0.4 is 19.7 Å². The summed E-state index contributed by atoms with van der Waals surface area (Å²) < 4.78 is 46.1. The highest BCUT2D eigenvalue weighted by atomic mass is 19.4. The van der Waals surface area contributed by atoms with Crippen LogP contribution in [0.15, 0.2) is 48.5 Å². The van der Waals surface area contributed by atoms with Gasteiger partial charge in [-0.2, -0.15) is 0 Å². The van der Waals surface area contributed by atoms with Gasteiger partial charge in [-0.3, -0.25) is 14.4 Å². The van der Waals surface area contributed by atoms with Crippen LogP contribution in [0.3, 0.4) is 0 Å². The van der Waals surface area contributed by atoms with Gasteiger partial charge in [-0.25, -0.2) is 0 Å². The molecule has 0 fully saturated rings. The van der Waals surface area contributed by atoms with Crippen molar-refractivity contribution in [3.63, 3.8) is 0 Å². The molecule has 0 saturated carbocycles. The lowest BCUT2D eigenvalue weighted by Crippen LogP contribution is -2.51. The highest BCUT2D eigenvalue weighted by Gasteiger charge is 2.34. The molecule has 0 spiro atoms. The zero-order valence-corrected chi connectivity index (χ0v) is 17.2. The number of likely N-dealkylation sites (N-methyl/N-ethyl adjacent to an activating group) is 1. The molecule has 11 heteroatoms. The van der Waals surface area contributed by atoms with Crippen LogP contribution in [0, 0.1) is 0 Å². The Morgan fingerprint density at radius 2 is 1.81 bits per heavy atom. The van der Waals surface area contributed by atoms with Crippen molar-refractivity contribution in [3.8, 4) is 11.5 Å². The number of alkyl halides is 3. The van der Waals surface area contributed by atoms with Gasteiger partial charge in [0, 0.05) is 19.7 Å². The molecule has 1 aliphatic heterocycles. The number of halogens is 3. The molecule has 2 aromatic carbocycles. The van der Waals surface area contributed by atoms with Crippen LogP contribution in [0.1, 0.15) is 6.92 Å². The molecule has 1 heterocycles. The lowest BCUT2D eigenvalue weighted by Gasteiger charge is -2.35. The van der Waals surface area contributed by atoms with E-state index < -0.39 is 30.0 Å². The third-order valence-corrected chi connectivity index (χ3v) is 4.56. The van der Waals surface area contributed by atoms with E-state index in [1.54, 1.807) is 24.3 Å². The molecule has 1 aliphatic rings. The molecule has 0 unspecified atom stereocenters. The number of carbonyl (C=O) groups is 3. The Hall–Kier alpha value is -3.76. The van der Waals surface area contributed by atoms with Gasteiger partial charge in [-0.15, -0.1) is 13.2 Å². The Bertz CT molecular complexity index is 1010. The number of hydrogen-bond acceptors (Lipinski definition) is 5. The molecule has 8 nitrogen and oxygen atoms in total. The Labute approximate surface area is 181 Å². The van der Waals surface area contributed by atoms with E-state index in [2.05, 4.69) is 10.1 Å². The number of carbonyl (C=O) groups excluding carboxylic acids is 3. The number of nitrogens with zero attached hydrogens (tertiary/aromatic N) is 2. The number of fused-ring (bicyclic) bond motifs is 1. The second-order valence-electron chi connectivity index (χ2n) is 7.02. The van der Waals surface area contributed by atoms with Crippen molar-refractivity contribution in [2.75, 3.05) is 30.4 Å². The number of nitrogens with one attached hydrogen (secondary N) is 1. The van der Waals surface area contributed by atoms with Crippen molar-refractivity contribution in [1.82, 2.24) is 4.90 Å². The van der Waals surface area contributed by atoms with Gasteiger partial charge in [0.2, 0.25) is 11.8 Å². The first-order valence-corrected chi connectivity index (χ1v) is 9.48. The Balaban J connectivity index is 1.59. The van der Waals surface area contributed by atoms with Crippen molar-refractivity contribution in [1.29, 1.82) is 0 Å². The third-order valence-electron chi connectivity index (χ3n) is 4.56. The summed E-state index contributed by atoms with van der Waals surface area (Å²) in [6, 6.07) is 11.4. The monoisotopic (exact) mass is 451 g/mol. The van der Waals surface area contributed by atoms with Crippen LogP contribution in [0.2, 0.25) is 0 Å². The molecule has 170 valence electrons. The minimum atomic E-state index is -4.81.